The molecule has 6 nitrogen and oxygen atoms in total. The molecule has 174 valence electrons. The van der Waals surface area contributed by atoms with Crippen molar-refractivity contribution in [2.45, 2.75) is 6.92 Å². The van der Waals surface area contributed by atoms with Crippen LogP contribution in [0.15, 0.2) is 72.8 Å². The van der Waals surface area contributed by atoms with Gasteiger partial charge in [0.2, 0.25) is 0 Å². The highest BCUT2D eigenvalue weighted by molar-refractivity contribution is 7.80. The number of amides is 2. The van der Waals surface area contributed by atoms with E-state index in [0.717, 1.165) is 30.0 Å². The summed E-state index contributed by atoms with van der Waals surface area (Å²) in [5, 5.41) is 6.64. The zero-order chi connectivity index (χ0) is 24.1. The van der Waals surface area contributed by atoms with Crippen LogP contribution in [0.1, 0.15) is 26.3 Å². The van der Waals surface area contributed by atoms with E-state index < -0.39 is 0 Å². The molecule has 8 heteroatoms. The maximum Gasteiger partial charge on any atom is 0.257 e. The number of benzene rings is 3. The normalized spacial score (nSPS) is 13.4. The number of hydrogen-bond acceptors (Lipinski definition) is 4. The Morgan fingerprint density at radius 2 is 1.53 bits per heavy atom. The van der Waals surface area contributed by atoms with Crippen molar-refractivity contribution in [3.63, 3.8) is 0 Å². The zero-order valence-electron chi connectivity index (χ0n) is 18.8. The summed E-state index contributed by atoms with van der Waals surface area (Å²) >= 11 is 11.2. The van der Waals surface area contributed by atoms with Gasteiger partial charge in [0.1, 0.15) is 0 Å². The number of halogens is 1. The number of rotatable bonds is 4. The summed E-state index contributed by atoms with van der Waals surface area (Å²) in [6, 6.07) is 22.2. The molecule has 1 aliphatic heterocycles. The van der Waals surface area contributed by atoms with Crippen molar-refractivity contribution >= 4 is 52.1 Å². The van der Waals surface area contributed by atoms with E-state index in [2.05, 4.69) is 15.5 Å². The van der Waals surface area contributed by atoms with E-state index in [-0.39, 0.29) is 16.9 Å². The number of hydrogen-bond donors (Lipinski definition) is 2. The molecule has 0 spiro atoms. The first kappa shape index (κ1) is 23.7. The van der Waals surface area contributed by atoms with Crippen molar-refractivity contribution in [1.82, 2.24) is 10.2 Å². The van der Waals surface area contributed by atoms with Crippen LogP contribution in [0.3, 0.4) is 0 Å². The molecule has 1 aliphatic rings. The summed E-state index contributed by atoms with van der Waals surface area (Å²) in [5.74, 6) is -0.213. The third-order valence-electron chi connectivity index (χ3n) is 5.77. The van der Waals surface area contributed by atoms with Gasteiger partial charge >= 0.3 is 0 Å². The predicted molar refractivity (Wildman–Crippen MR) is 141 cm³/mol. The number of carbonyl (C=O) groups excluding carboxylic acids is 2. The van der Waals surface area contributed by atoms with Gasteiger partial charge in [-0.15, -0.1) is 0 Å². The topological polar surface area (TPSA) is 64.7 Å². The molecule has 0 unspecified atom stereocenters. The molecule has 2 N–H and O–H groups in total. The van der Waals surface area contributed by atoms with Crippen LogP contribution in [0.2, 0.25) is 5.02 Å². The van der Waals surface area contributed by atoms with Crippen LogP contribution in [0.25, 0.3) is 0 Å². The van der Waals surface area contributed by atoms with E-state index in [1.54, 1.807) is 30.3 Å². The molecule has 0 radical (unpaired) electrons. The SMILES string of the molecule is Cc1ccccc1C(=O)NC(=S)Nc1ccc(N2CCN(C(=O)c3ccc(Cl)cc3)CC2)cc1. The fourth-order valence-corrected chi connectivity index (χ4v) is 4.20. The zero-order valence-corrected chi connectivity index (χ0v) is 20.3. The minimum absolute atomic E-state index is 0.0251. The Balaban J connectivity index is 1.29. The van der Waals surface area contributed by atoms with Crippen LogP contribution in [0.4, 0.5) is 11.4 Å². The Kier molecular flexibility index (Phi) is 7.45. The second-order valence-electron chi connectivity index (χ2n) is 8.06. The van der Waals surface area contributed by atoms with E-state index in [4.69, 9.17) is 23.8 Å². The minimum atomic E-state index is -0.238. The standard InChI is InChI=1S/C26H25ClN4O2S/c1-18-4-2-3-5-23(18)24(32)29-26(34)28-21-10-12-22(13-11-21)30-14-16-31(17-15-30)25(33)19-6-8-20(27)9-7-19/h2-13H,14-17H2,1H3,(H2,28,29,32,34). The maximum absolute atomic E-state index is 12.7. The van der Waals surface area contributed by atoms with Crippen LogP contribution in [0, 0.1) is 6.92 Å². The lowest BCUT2D eigenvalue weighted by Crippen LogP contribution is -2.48. The van der Waals surface area contributed by atoms with E-state index in [1.807, 2.05) is 54.3 Å². The molecule has 3 aromatic rings. The van der Waals surface area contributed by atoms with Gasteiger partial charge in [-0.1, -0.05) is 29.8 Å². The third-order valence-corrected chi connectivity index (χ3v) is 6.22. The summed E-state index contributed by atoms with van der Waals surface area (Å²) in [4.78, 5) is 29.2. The van der Waals surface area contributed by atoms with E-state index in [1.165, 1.54) is 0 Å². The molecule has 2 amide bonds. The number of nitrogens with one attached hydrogen (secondary N) is 2. The lowest BCUT2D eigenvalue weighted by atomic mass is 10.1. The van der Waals surface area contributed by atoms with Gasteiger partial charge in [-0.2, -0.15) is 0 Å². The Hall–Kier alpha value is -3.42. The Morgan fingerprint density at radius 3 is 2.18 bits per heavy atom. The molecule has 3 aromatic carbocycles. The fourth-order valence-electron chi connectivity index (χ4n) is 3.86. The van der Waals surface area contributed by atoms with Crippen molar-refractivity contribution < 1.29 is 9.59 Å². The van der Waals surface area contributed by atoms with Crippen molar-refractivity contribution in [3.05, 3.63) is 94.5 Å². The van der Waals surface area contributed by atoms with Crippen LogP contribution in [-0.4, -0.2) is 48.0 Å². The van der Waals surface area contributed by atoms with Gasteiger partial charge in [-0.25, -0.2) is 0 Å². The molecule has 0 saturated carbocycles. The first-order valence-electron chi connectivity index (χ1n) is 11.0. The number of carbonyl (C=O) groups is 2. The van der Waals surface area contributed by atoms with Gasteiger partial charge in [-0.05, 0) is 79.3 Å². The molecular weight excluding hydrogens is 468 g/mol. The van der Waals surface area contributed by atoms with E-state index in [9.17, 15) is 9.59 Å². The second kappa shape index (κ2) is 10.7. The van der Waals surface area contributed by atoms with Crippen LogP contribution < -0.4 is 15.5 Å². The molecule has 0 atom stereocenters. The number of anilines is 2. The number of piperazine rings is 1. The molecule has 0 bridgehead atoms. The highest BCUT2D eigenvalue weighted by atomic mass is 35.5. The monoisotopic (exact) mass is 492 g/mol. The van der Waals surface area contributed by atoms with Crippen LogP contribution >= 0.6 is 23.8 Å². The van der Waals surface area contributed by atoms with Gasteiger partial charge < -0.3 is 15.1 Å². The molecule has 34 heavy (non-hydrogen) atoms. The van der Waals surface area contributed by atoms with Crippen LogP contribution in [-0.2, 0) is 0 Å². The smallest absolute Gasteiger partial charge is 0.257 e. The summed E-state index contributed by atoms with van der Waals surface area (Å²) in [5.41, 5.74) is 3.99. The first-order valence-corrected chi connectivity index (χ1v) is 11.8. The summed E-state index contributed by atoms with van der Waals surface area (Å²) in [7, 11) is 0. The predicted octanol–water partition coefficient (Wildman–Crippen LogP) is 4.74. The van der Waals surface area contributed by atoms with Gasteiger partial charge in [-0.3, -0.25) is 14.9 Å². The number of nitrogens with zero attached hydrogens (tertiary/aromatic N) is 2. The second-order valence-corrected chi connectivity index (χ2v) is 8.90. The first-order chi connectivity index (χ1) is 16.4. The third kappa shape index (κ3) is 5.73. The number of aryl methyl sites for hydroxylation is 1. The molecule has 1 fully saturated rings. The Labute approximate surface area is 209 Å². The van der Waals surface area contributed by atoms with E-state index in [0.29, 0.717) is 29.2 Å². The average Bonchev–Trinajstić information content (AvgIpc) is 2.85. The summed E-state index contributed by atoms with van der Waals surface area (Å²) in [6.07, 6.45) is 0. The molecular formula is C26H25ClN4O2S. The van der Waals surface area contributed by atoms with Gasteiger partial charge in [0.25, 0.3) is 11.8 Å². The average molecular weight is 493 g/mol. The fraction of sp³-hybridized carbons (Fsp3) is 0.192. The molecule has 4 rings (SSSR count). The molecule has 0 aromatic heterocycles. The summed E-state index contributed by atoms with van der Waals surface area (Å²) < 4.78 is 0. The number of thiocarbonyl (C=S) groups is 1. The van der Waals surface area contributed by atoms with Crippen molar-refractivity contribution in [1.29, 1.82) is 0 Å². The van der Waals surface area contributed by atoms with Crippen LogP contribution in [0.5, 0.6) is 0 Å². The lowest BCUT2D eigenvalue weighted by molar-refractivity contribution is 0.0746. The minimum Gasteiger partial charge on any atom is -0.368 e. The molecule has 0 aliphatic carbocycles. The largest absolute Gasteiger partial charge is 0.368 e. The van der Waals surface area contributed by atoms with E-state index >= 15 is 0 Å². The van der Waals surface area contributed by atoms with Crippen molar-refractivity contribution in [2.75, 3.05) is 36.4 Å². The van der Waals surface area contributed by atoms with Crippen molar-refractivity contribution in [3.8, 4) is 0 Å². The quantitative estimate of drug-likeness (QED) is 0.515. The maximum atomic E-state index is 12.7. The Morgan fingerprint density at radius 1 is 0.882 bits per heavy atom. The molecule has 1 heterocycles. The Bertz CT molecular complexity index is 1190. The van der Waals surface area contributed by atoms with Crippen molar-refractivity contribution in [2.24, 2.45) is 0 Å². The summed E-state index contributed by atoms with van der Waals surface area (Å²) in [6.45, 7) is 4.68. The van der Waals surface area contributed by atoms with Gasteiger partial charge in [0.05, 0.1) is 0 Å². The van der Waals surface area contributed by atoms with Gasteiger partial charge in [0, 0.05) is 53.7 Å². The highest BCUT2D eigenvalue weighted by Crippen LogP contribution is 2.21. The lowest BCUT2D eigenvalue weighted by Gasteiger charge is -2.36. The van der Waals surface area contributed by atoms with Gasteiger partial charge in [0.15, 0.2) is 5.11 Å². The molecule has 1 saturated heterocycles. The highest BCUT2D eigenvalue weighted by Gasteiger charge is 2.22.